The van der Waals surface area contributed by atoms with Crippen molar-refractivity contribution in [2.24, 2.45) is 17.7 Å². The Balaban J connectivity index is 2.14. The van der Waals surface area contributed by atoms with Crippen molar-refractivity contribution in [2.75, 3.05) is 0 Å². The predicted octanol–water partition coefficient (Wildman–Crippen LogP) is 4.20. The van der Waals surface area contributed by atoms with Crippen molar-refractivity contribution in [3.63, 3.8) is 0 Å². The summed E-state index contributed by atoms with van der Waals surface area (Å²) in [5.74, 6) is 6.70. The number of nitrogens with two attached hydrogens (primary N) is 1. The smallest absolute Gasteiger partial charge is 0.123 e. The maximum Gasteiger partial charge on any atom is 0.123 e. The average Bonchev–Trinajstić information content (AvgIpc) is 2.44. The molecule has 0 amide bonds. The van der Waals surface area contributed by atoms with Gasteiger partial charge in [0.25, 0.3) is 0 Å². The van der Waals surface area contributed by atoms with Gasteiger partial charge in [0.2, 0.25) is 0 Å². The van der Waals surface area contributed by atoms with E-state index in [2.05, 4.69) is 12.3 Å². The van der Waals surface area contributed by atoms with Crippen LogP contribution < -0.4 is 11.3 Å². The van der Waals surface area contributed by atoms with E-state index in [0.29, 0.717) is 10.9 Å². The molecule has 1 fully saturated rings. The molecule has 0 aromatic heterocycles. The van der Waals surface area contributed by atoms with E-state index in [9.17, 15) is 4.39 Å². The molecular formula is C15H22ClFN2. The molecule has 1 saturated carbocycles. The molecule has 4 heteroatoms. The minimum absolute atomic E-state index is 0.0546. The minimum atomic E-state index is -0.262. The molecule has 1 atom stereocenters. The molecule has 2 nitrogen and oxygen atoms in total. The standard InChI is InChI=1S/C15H22ClFN2/c1-2-10-3-5-11(6-4-10)15(19-18)13-9-12(17)7-8-14(13)16/h7-11,15,19H,2-6,18H2,1H3. The van der Waals surface area contributed by atoms with Crippen molar-refractivity contribution >= 4 is 11.6 Å². The van der Waals surface area contributed by atoms with Gasteiger partial charge in [-0.15, -0.1) is 0 Å². The van der Waals surface area contributed by atoms with Crippen LogP contribution in [0.3, 0.4) is 0 Å². The van der Waals surface area contributed by atoms with E-state index in [1.165, 1.54) is 31.4 Å². The van der Waals surface area contributed by atoms with Crippen LogP contribution in [0.1, 0.15) is 50.6 Å². The zero-order valence-corrected chi connectivity index (χ0v) is 12.1. The average molecular weight is 285 g/mol. The first kappa shape index (κ1) is 14.8. The van der Waals surface area contributed by atoms with Crippen LogP contribution in [0.15, 0.2) is 18.2 Å². The van der Waals surface area contributed by atoms with Crippen LogP contribution in [0, 0.1) is 17.7 Å². The highest BCUT2D eigenvalue weighted by molar-refractivity contribution is 6.31. The number of nitrogens with one attached hydrogen (secondary N) is 1. The summed E-state index contributed by atoms with van der Waals surface area (Å²) in [5, 5.41) is 0.585. The molecule has 1 aliphatic rings. The van der Waals surface area contributed by atoms with Gasteiger partial charge in [-0.3, -0.25) is 11.3 Å². The van der Waals surface area contributed by atoms with E-state index >= 15 is 0 Å². The van der Waals surface area contributed by atoms with E-state index < -0.39 is 0 Å². The van der Waals surface area contributed by atoms with Crippen LogP contribution in [-0.4, -0.2) is 0 Å². The van der Waals surface area contributed by atoms with Crippen molar-refractivity contribution in [1.82, 2.24) is 5.43 Å². The van der Waals surface area contributed by atoms with Gasteiger partial charge in [-0.05, 0) is 48.4 Å². The Hall–Kier alpha value is -0.640. The summed E-state index contributed by atoms with van der Waals surface area (Å²) in [4.78, 5) is 0. The Morgan fingerprint density at radius 2 is 2.05 bits per heavy atom. The highest BCUT2D eigenvalue weighted by Gasteiger charge is 2.28. The zero-order chi connectivity index (χ0) is 13.8. The normalized spacial score (nSPS) is 25.3. The lowest BCUT2D eigenvalue weighted by Crippen LogP contribution is -2.35. The fraction of sp³-hybridized carbons (Fsp3) is 0.600. The largest absolute Gasteiger partial charge is 0.271 e. The Labute approximate surface area is 119 Å². The van der Waals surface area contributed by atoms with Gasteiger partial charge in [-0.2, -0.15) is 0 Å². The topological polar surface area (TPSA) is 38.0 Å². The molecule has 106 valence electrons. The first-order chi connectivity index (χ1) is 9.15. The summed E-state index contributed by atoms with van der Waals surface area (Å²) in [6.45, 7) is 2.24. The predicted molar refractivity (Wildman–Crippen MR) is 77.2 cm³/mol. The molecule has 3 N–H and O–H groups in total. The molecule has 0 heterocycles. The van der Waals surface area contributed by atoms with Crippen molar-refractivity contribution in [3.8, 4) is 0 Å². The quantitative estimate of drug-likeness (QED) is 0.642. The van der Waals surface area contributed by atoms with Crippen LogP contribution >= 0.6 is 11.6 Å². The lowest BCUT2D eigenvalue weighted by molar-refractivity contribution is 0.219. The fourth-order valence-electron chi connectivity index (χ4n) is 3.16. The Morgan fingerprint density at radius 3 is 2.63 bits per heavy atom. The summed E-state index contributed by atoms with van der Waals surface area (Å²) in [5.41, 5.74) is 3.62. The second kappa shape index (κ2) is 6.69. The molecule has 0 bridgehead atoms. The molecule has 0 aliphatic heterocycles. The van der Waals surface area contributed by atoms with Crippen molar-refractivity contribution in [1.29, 1.82) is 0 Å². The fourth-order valence-corrected chi connectivity index (χ4v) is 3.40. The van der Waals surface area contributed by atoms with Gasteiger partial charge < -0.3 is 0 Å². The van der Waals surface area contributed by atoms with E-state index in [1.54, 1.807) is 6.07 Å². The number of benzene rings is 1. The SMILES string of the molecule is CCC1CCC(C(NN)c2cc(F)ccc2Cl)CC1. The lowest BCUT2D eigenvalue weighted by Gasteiger charge is -2.33. The number of hydrazine groups is 1. The minimum Gasteiger partial charge on any atom is -0.271 e. The highest BCUT2D eigenvalue weighted by Crippen LogP contribution is 2.39. The molecule has 19 heavy (non-hydrogen) atoms. The molecule has 1 aromatic carbocycles. The summed E-state index contributed by atoms with van der Waals surface area (Å²) >= 11 is 6.18. The third kappa shape index (κ3) is 3.47. The van der Waals surface area contributed by atoms with Gasteiger partial charge in [0.05, 0.1) is 6.04 Å². The second-order valence-corrected chi connectivity index (χ2v) is 5.91. The number of halogens is 2. The zero-order valence-electron chi connectivity index (χ0n) is 11.3. The summed E-state index contributed by atoms with van der Waals surface area (Å²) in [7, 11) is 0. The van der Waals surface area contributed by atoms with Gasteiger partial charge in [-0.1, -0.05) is 37.8 Å². The van der Waals surface area contributed by atoms with E-state index in [0.717, 1.165) is 24.3 Å². The van der Waals surface area contributed by atoms with Crippen LogP contribution in [0.2, 0.25) is 5.02 Å². The van der Waals surface area contributed by atoms with E-state index in [-0.39, 0.29) is 11.9 Å². The Bertz CT molecular complexity index is 417. The monoisotopic (exact) mass is 284 g/mol. The third-order valence-corrected chi connectivity index (χ3v) is 4.76. The number of hydrogen-bond donors (Lipinski definition) is 2. The van der Waals surface area contributed by atoms with Crippen molar-refractivity contribution in [2.45, 2.75) is 45.1 Å². The maximum absolute atomic E-state index is 13.4. The maximum atomic E-state index is 13.4. The molecule has 0 saturated heterocycles. The number of hydrogen-bond acceptors (Lipinski definition) is 2. The molecule has 0 radical (unpaired) electrons. The van der Waals surface area contributed by atoms with Crippen LogP contribution in [0.4, 0.5) is 4.39 Å². The van der Waals surface area contributed by atoms with Crippen LogP contribution in [-0.2, 0) is 0 Å². The highest BCUT2D eigenvalue weighted by atomic mass is 35.5. The molecule has 2 rings (SSSR count). The number of rotatable bonds is 4. The van der Waals surface area contributed by atoms with Crippen LogP contribution in [0.5, 0.6) is 0 Å². The van der Waals surface area contributed by atoms with Gasteiger partial charge in [-0.25, -0.2) is 4.39 Å². The van der Waals surface area contributed by atoms with Gasteiger partial charge in [0, 0.05) is 5.02 Å². The Kier molecular flexibility index (Phi) is 5.20. The molecule has 1 aromatic rings. The second-order valence-electron chi connectivity index (χ2n) is 5.50. The van der Waals surface area contributed by atoms with Crippen molar-refractivity contribution < 1.29 is 4.39 Å². The third-order valence-electron chi connectivity index (χ3n) is 4.41. The van der Waals surface area contributed by atoms with E-state index in [1.807, 2.05) is 0 Å². The van der Waals surface area contributed by atoms with E-state index in [4.69, 9.17) is 17.4 Å². The Morgan fingerprint density at radius 1 is 1.37 bits per heavy atom. The first-order valence-corrected chi connectivity index (χ1v) is 7.44. The first-order valence-electron chi connectivity index (χ1n) is 7.06. The molecule has 1 aliphatic carbocycles. The van der Waals surface area contributed by atoms with Crippen LogP contribution in [0.25, 0.3) is 0 Å². The molecule has 1 unspecified atom stereocenters. The molecule has 0 spiro atoms. The van der Waals surface area contributed by atoms with Gasteiger partial charge >= 0.3 is 0 Å². The summed E-state index contributed by atoms with van der Waals surface area (Å²) in [6.07, 6.45) is 5.95. The van der Waals surface area contributed by atoms with Crippen molar-refractivity contribution in [3.05, 3.63) is 34.6 Å². The molecular weight excluding hydrogens is 263 g/mol. The summed E-state index contributed by atoms with van der Waals surface area (Å²) in [6, 6.07) is 4.43. The summed E-state index contributed by atoms with van der Waals surface area (Å²) < 4.78 is 13.4. The lowest BCUT2D eigenvalue weighted by atomic mass is 9.76. The van der Waals surface area contributed by atoms with Gasteiger partial charge in [0.1, 0.15) is 5.82 Å². The van der Waals surface area contributed by atoms with Gasteiger partial charge in [0.15, 0.2) is 0 Å².